The summed E-state index contributed by atoms with van der Waals surface area (Å²) in [5.74, 6) is -0.959. The number of allylic oxidation sites excluding steroid dienone is 16. The van der Waals surface area contributed by atoms with Gasteiger partial charge in [0, 0.05) is 19.3 Å². The predicted octanol–water partition coefficient (Wildman–Crippen LogP) is 22.8. The van der Waals surface area contributed by atoms with Crippen molar-refractivity contribution in [3.63, 3.8) is 0 Å². The Morgan fingerprint density at radius 3 is 0.859 bits per heavy atom. The number of ether oxygens (including phenoxy) is 3. The molecule has 0 N–H and O–H groups in total. The molecule has 0 spiro atoms. The van der Waals surface area contributed by atoms with Gasteiger partial charge in [-0.15, -0.1) is 0 Å². The lowest BCUT2D eigenvalue weighted by atomic mass is 10.0. The summed E-state index contributed by atoms with van der Waals surface area (Å²) in [6, 6.07) is 0. The smallest absolute Gasteiger partial charge is 0.306 e. The average Bonchev–Trinajstić information content (AvgIpc) is 3.44. The second-order valence-electron chi connectivity index (χ2n) is 22.0. The van der Waals surface area contributed by atoms with Gasteiger partial charge in [0.05, 0.1) is 0 Å². The molecule has 0 aliphatic heterocycles. The van der Waals surface area contributed by atoms with Crippen molar-refractivity contribution in [3.8, 4) is 0 Å². The monoisotopic (exact) mass is 1080 g/mol. The molecule has 0 aromatic carbocycles. The Hall–Kier alpha value is -3.67. The summed E-state index contributed by atoms with van der Waals surface area (Å²) in [7, 11) is 0. The van der Waals surface area contributed by atoms with Crippen molar-refractivity contribution >= 4 is 17.9 Å². The first-order chi connectivity index (χ1) is 38.5. The van der Waals surface area contributed by atoms with Crippen molar-refractivity contribution in [2.75, 3.05) is 13.2 Å². The van der Waals surface area contributed by atoms with E-state index >= 15 is 0 Å². The molecule has 0 saturated carbocycles. The molecule has 448 valence electrons. The van der Waals surface area contributed by atoms with Gasteiger partial charge >= 0.3 is 17.9 Å². The minimum absolute atomic E-state index is 0.101. The number of carbonyl (C=O) groups excluding carboxylic acids is 3. The molecular formula is C72H124O6. The van der Waals surface area contributed by atoms with E-state index in [4.69, 9.17) is 14.2 Å². The lowest BCUT2D eigenvalue weighted by Gasteiger charge is -2.18. The molecule has 0 saturated heterocycles. The van der Waals surface area contributed by atoms with Crippen LogP contribution in [0.15, 0.2) is 97.2 Å². The number of unbranched alkanes of at least 4 members (excludes halogenated alkanes) is 33. The number of carbonyl (C=O) groups is 3. The lowest BCUT2D eigenvalue weighted by molar-refractivity contribution is -0.167. The zero-order chi connectivity index (χ0) is 56.4. The van der Waals surface area contributed by atoms with Gasteiger partial charge < -0.3 is 14.2 Å². The number of hydrogen-bond acceptors (Lipinski definition) is 6. The zero-order valence-corrected chi connectivity index (χ0v) is 51.4. The maximum Gasteiger partial charge on any atom is 0.306 e. The largest absolute Gasteiger partial charge is 0.462 e. The zero-order valence-electron chi connectivity index (χ0n) is 51.4. The molecule has 0 aliphatic carbocycles. The van der Waals surface area contributed by atoms with Crippen LogP contribution in [0.25, 0.3) is 0 Å². The quantitative estimate of drug-likeness (QED) is 0.0261. The van der Waals surface area contributed by atoms with E-state index in [1.165, 1.54) is 173 Å². The van der Waals surface area contributed by atoms with Gasteiger partial charge in [-0.05, 0) is 96.3 Å². The summed E-state index contributed by atoms with van der Waals surface area (Å²) >= 11 is 0. The van der Waals surface area contributed by atoms with E-state index in [-0.39, 0.29) is 37.5 Å². The SMILES string of the molecule is CC/C=C\C/C=C\C/C=C\C/C=C\C/C=C\C/C=C\C/C=C\CCCC(=O)OC(COC(=O)CCCCCCC/C=C\CCCCC)COC(=O)CCCCCCCCCCCCCCCCCCCCCCCCCCC. The molecule has 0 heterocycles. The van der Waals surface area contributed by atoms with E-state index in [9.17, 15) is 14.4 Å². The minimum Gasteiger partial charge on any atom is -0.462 e. The van der Waals surface area contributed by atoms with Crippen molar-refractivity contribution in [2.24, 2.45) is 0 Å². The van der Waals surface area contributed by atoms with Crippen molar-refractivity contribution in [2.45, 2.75) is 329 Å². The molecule has 0 amide bonds. The Bertz CT molecular complexity index is 1530. The molecule has 1 unspecified atom stereocenters. The highest BCUT2D eigenvalue weighted by molar-refractivity contribution is 5.71. The molecular weight excluding hydrogens is 961 g/mol. The van der Waals surface area contributed by atoms with Gasteiger partial charge in [0.2, 0.25) is 0 Å². The fourth-order valence-corrected chi connectivity index (χ4v) is 9.37. The van der Waals surface area contributed by atoms with E-state index in [2.05, 4.69) is 118 Å². The van der Waals surface area contributed by atoms with Crippen LogP contribution in [0.4, 0.5) is 0 Å². The fraction of sp³-hybridized carbons (Fsp3) is 0.736. The second-order valence-corrected chi connectivity index (χ2v) is 22.0. The topological polar surface area (TPSA) is 78.9 Å². The van der Waals surface area contributed by atoms with E-state index in [0.29, 0.717) is 19.3 Å². The third-order valence-corrected chi connectivity index (χ3v) is 14.3. The van der Waals surface area contributed by atoms with Gasteiger partial charge in [-0.3, -0.25) is 14.4 Å². The van der Waals surface area contributed by atoms with Crippen LogP contribution in [0, 0.1) is 0 Å². The first-order valence-corrected chi connectivity index (χ1v) is 33.2. The van der Waals surface area contributed by atoms with Gasteiger partial charge in [0.25, 0.3) is 0 Å². The molecule has 1 atom stereocenters. The summed E-state index contributed by atoms with van der Waals surface area (Å²) < 4.78 is 16.9. The molecule has 78 heavy (non-hydrogen) atoms. The molecule has 6 heteroatoms. The number of hydrogen-bond donors (Lipinski definition) is 0. The van der Waals surface area contributed by atoms with Crippen LogP contribution in [0.3, 0.4) is 0 Å². The maximum atomic E-state index is 12.9. The fourth-order valence-electron chi connectivity index (χ4n) is 9.37. The normalized spacial score (nSPS) is 12.7. The van der Waals surface area contributed by atoms with Crippen LogP contribution in [0.2, 0.25) is 0 Å². The molecule has 0 aliphatic rings. The molecule has 0 bridgehead atoms. The maximum absolute atomic E-state index is 12.9. The van der Waals surface area contributed by atoms with Crippen molar-refractivity contribution < 1.29 is 28.6 Å². The highest BCUT2D eigenvalue weighted by Crippen LogP contribution is 2.17. The standard InChI is InChI=1S/C72H124O6/c1-4-7-10-13-16-19-22-25-27-29-31-33-35-36-38-39-41-43-45-47-50-53-56-59-62-65-71(74)77-68-69(67-76-70(73)64-61-58-55-52-49-24-21-18-15-12-9-6-3)78-72(75)66-63-60-57-54-51-48-46-44-42-40-37-34-32-30-28-26-23-20-17-14-11-8-5-2/h8,11,17-18,20-21,26,28,32,34,40,42,46,48,54,57,69H,4-7,9-10,12-16,19,22-25,27,29-31,33,35-39,41,43-45,47,49-53,55-56,58-68H2,1-3H3/b11-8-,20-17-,21-18-,28-26-,34-32-,42-40-,48-46-,57-54-. The summed E-state index contributed by atoms with van der Waals surface area (Å²) in [6.45, 7) is 6.48. The molecule has 6 nitrogen and oxygen atoms in total. The van der Waals surface area contributed by atoms with Gasteiger partial charge in [-0.25, -0.2) is 0 Å². The van der Waals surface area contributed by atoms with Crippen molar-refractivity contribution in [1.29, 1.82) is 0 Å². The van der Waals surface area contributed by atoms with Gasteiger partial charge in [-0.1, -0.05) is 304 Å². The van der Waals surface area contributed by atoms with E-state index < -0.39 is 6.10 Å². The molecule has 0 aromatic heterocycles. The number of esters is 3. The molecule has 0 radical (unpaired) electrons. The Morgan fingerprint density at radius 2 is 0.513 bits per heavy atom. The first-order valence-electron chi connectivity index (χ1n) is 33.2. The third-order valence-electron chi connectivity index (χ3n) is 14.3. The van der Waals surface area contributed by atoms with Crippen molar-refractivity contribution in [1.82, 2.24) is 0 Å². The van der Waals surface area contributed by atoms with Gasteiger partial charge in [0.15, 0.2) is 6.10 Å². The molecule has 0 fully saturated rings. The van der Waals surface area contributed by atoms with Gasteiger partial charge in [-0.2, -0.15) is 0 Å². The third kappa shape index (κ3) is 63.2. The minimum atomic E-state index is -0.812. The average molecular weight is 1090 g/mol. The Labute approximate surface area is 483 Å². The Balaban J connectivity index is 4.36. The Kier molecular flexibility index (Phi) is 62.7. The van der Waals surface area contributed by atoms with E-state index in [1.807, 2.05) is 0 Å². The van der Waals surface area contributed by atoms with Crippen LogP contribution in [0.5, 0.6) is 0 Å². The van der Waals surface area contributed by atoms with E-state index in [0.717, 1.165) is 103 Å². The van der Waals surface area contributed by atoms with Crippen LogP contribution < -0.4 is 0 Å². The van der Waals surface area contributed by atoms with Crippen LogP contribution in [0.1, 0.15) is 323 Å². The molecule has 0 rings (SSSR count). The van der Waals surface area contributed by atoms with Gasteiger partial charge in [0.1, 0.15) is 13.2 Å². The van der Waals surface area contributed by atoms with Crippen LogP contribution in [-0.4, -0.2) is 37.2 Å². The Morgan fingerprint density at radius 1 is 0.269 bits per heavy atom. The highest BCUT2D eigenvalue weighted by Gasteiger charge is 2.19. The summed E-state index contributed by atoms with van der Waals surface area (Å²) in [5, 5.41) is 0. The first kappa shape index (κ1) is 74.3. The van der Waals surface area contributed by atoms with E-state index in [1.54, 1.807) is 0 Å². The second kappa shape index (κ2) is 65.8. The number of rotatable bonds is 60. The lowest BCUT2D eigenvalue weighted by Crippen LogP contribution is -2.30. The summed E-state index contributed by atoms with van der Waals surface area (Å²) in [6.07, 6.45) is 88.7. The highest BCUT2D eigenvalue weighted by atomic mass is 16.6. The van der Waals surface area contributed by atoms with Crippen molar-refractivity contribution in [3.05, 3.63) is 97.2 Å². The van der Waals surface area contributed by atoms with Crippen LogP contribution >= 0.6 is 0 Å². The summed E-state index contributed by atoms with van der Waals surface area (Å²) in [4.78, 5) is 38.3. The summed E-state index contributed by atoms with van der Waals surface area (Å²) in [5.41, 5.74) is 0. The molecule has 0 aromatic rings. The van der Waals surface area contributed by atoms with Crippen LogP contribution in [-0.2, 0) is 28.6 Å². The predicted molar refractivity (Wildman–Crippen MR) is 339 cm³/mol.